The summed E-state index contributed by atoms with van der Waals surface area (Å²) in [6.07, 6.45) is 0. The Morgan fingerprint density at radius 2 is 1.41 bits per heavy atom. The van der Waals surface area contributed by atoms with E-state index in [1.54, 1.807) is 21.9 Å². The van der Waals surface area contributed by atoms with Crippen molar-refractivity contribution in [3.63, 3.8) is 0 Å². The average molecular weight is 485 g/mol. The predicted octanol–water partition coefficient (Wildman–Crippen LogP) is 2.12. The molecule has 4 rings (SSSR count). The number of benzene rings is 2. The Morgan fingerprint density at radius 1 is 0.794 bits per heavy atom. The molecule has 0 aromatic heterocycles. The summed E-state index contributed by atoms with van der Waals surface area (Å²) >= 11 is 0. The number of carbonyl (C=O) groups excluding carboxylic acids is 2. The molecule has 2 aromatic rings. The van der Waals surface area contributed by atoms with Crippen molar-refractivity contribution in [1.82, 2.24) is 14.1 Å². The molecular formula is C25H32N4O4S. The van der Waals surface area contributed by atoms with Gasteiger partial charge in [-0.05, 0) is 49.2 Å². The summed E-state index contributed by atoms with van der Waals surface area (Å²) in [7, 11) is -3.74. The molecule has 2 aromatic carbocycles. The van der Waals surface area contributed by atoms with Gasteiger partial charge in [-0.1, -0.05) is 18.2 Å². The molecule has 182 valence electrons. The van der Waals surface area contributed by atoms with E-state index < -0.39 is 10.0 Å². The zero-order chi connectivity index (χ0) is 24.5. The van der Waals surface area contributed by atoms with Crippen molar-refractivity contribution in [3.8, 4) is 0 Å². The molecule has 0 bridgehead atoms. The second-order valence-electron chi connectivity index (χ2n) is 8.94. The van der Waals surface area contributed by atoms with E-state index in [0.29, 0.717) is 31.7 Å². The lowest BCUT2D eigenvalue weighted by Gasteiger charge is -2.37. The fourth-order valence-corrected chi connectivity index (χ4v) is 6.06. The molecule has 2 saturated heterocycles. The van der Waals surface area contributed by atoms with Crippen LogP contribution in [0.3, 0.4) is 0 Å². The number of hydrogen-bond acceptors (Lipinski definition) is 5. The first-order valence-electron chi connectivity index (χ1n) is 11.6. The number of hydrogen-bond donors (Lipinski definition) is 0. The molecule has 0 atom stereocenters. The lowest BCUT2D eigenvalue weighted by Crippen LogP contribution is -2.50. The van der Waals surface area contributed by atoms with Crippen LogP contribution in [0.5, 0.6) is 0 Å². The first-order chi connectivity index (χ1) is 16.2. The first kappa shape index (κ1) is 24.2. The minimum absolute atomic E-state index is 0.0534. The second-order valence-corrected chi connectivity index (χ2v) is 10.9. The molecule has 0 aliphatic carbocycles. The summed E-state index contributed by atoms with van der Waals surface area (Å²) in [5.41, 5.74) is 4.08. The molecule has 2 amide bonds. The van der Waals surface area contributed by atoms with Crippen LogP contribution in [0.2, 0.25) is 0 Å². The monoisotopic (exact) mass is 484 g/mol. The fraction of sp³-hybridized carbons (Fsp3) is 0.440. The lowest BCUT2D eigenvalue weighted by atomic mass is 10.1. The quantitative estimate of drug-likeness (QED) is 0.664. The maximum absolute atomic E-state index is 13.2. The molecule has 0 unspecified atom stereocenters. The van der Waals surface area contributed by atoms with E-state index in [-0.39, 0.29) is 29.8 Å². The molecule has 2 aliphatic rings. The normalized spacial score (nSPS) is 17.7. The molecule has 0 spiro atoms. The van der Waals surface area contributed by atoms with Crippen molar-refractivity contribution in [3.05, 3.63) is 59.2 Å². The highest BCUT2D eigenvalue weighted by molar-refractivity contribution is 7.89. The SMILES string of the molecule is CC(=O)N1CCN(S(=O)(=O)c2cccc(C(=O)N3CCN(c4cccc(C)c4C)CC3)c2)CC1. The van der Waals surface area contributed by atoms with Crippen molar-refractivity contribution in [1.29, 1.82) is 0 Å². The van der Waals surface area contributed by atoms with Crippen LogP contribution in [0.4, 0.5) is 5.69 Å². The third kappa shape index (κ3) is 4.81. The van der Waals surface area contributed by atoms with Crippen molar-refractivity contribution in [2.24, 2.45) is 0 Å². The highest BCUT2D eigenvalue weighted by Gasteiger charge is 2.30. The lowest BCUT2D eigenvalue weighted by molar-refractivity contribution is -0.129. The maximum atomic E-state index is 13.2. The van der Waals surface area contributed by atoms with Crippen LogP contribution in [-0.4, -0.2) is 86.7 Å². The molecule has 0 N–H and O–H groups in total. The number of amides is 2. The summed E-state index contributed by atoms with van der Waals surface area (Å²) < 4.78 is 27.7. The van der Waals surface area contributed by atoms with Crippen molar-refractivity contribution in [2.75, 3.05) is 57.3 Å². The topological polar surface area (TPSA) is 81.2 Å². The van der Waals surface area contributed by atoms with E-state index >= 15 is 0 Å². The van der Waals surface area contributed by atoms with Gasteiger partial charge in [0, 0.05) is 70.5 Å². The summed E-state index contributed by atoms with van der Waals surface area (Å²) in [5, 5.41) is 0. The smallest absolute Gasteiger partial charge is 0.254 e. The summed E-state index contributed by atoms with van der Waals surface area (Å²) in [6.45, 7) is 9.57. The standard InChI is InChI=1S/C25H32N4O4S/c1-19-6-4-9-24(20(19)2)27-10-12-28(13-11-27)25(31)22-7-5-8-23(18-22)34(32,33)29-16-14-26(15-17-29)21(3)30/h4-9,18H,10-17H2,1-3H3. The van der Waals surface area contributed by atoms with Crippen LogP contribution >= 0.6 is 0 Å². The van der Waals surface area contributed by atoms with Crippen LogP contribution in [0.15, 0.2) is 47.4 Å². The zero-order valence-electron chi connectivity index (χ0n) is 20.0. The Hall–Kier alpha value is -2.91. The minimum Gasteiger partial charge on any atom is -0.368 e. The van der Waals surface area contributed by atoms with E-state index in [9.17, 15) is 18.0 Å². The molecule has 9 heteroatoms. The van der Waals surface area contributed by atoms with Crippen LogP contribution < -0.4 is 4.90 Å². The summed E-state index contributed by atoms with van der Waals surface area (Å²) in [6, 6.07) is 12.6. The number of aryl methyl sites for hydroxylation is 1. The van der Waals surface area contributed by atoms with Gasteiger partial charge in [-0.3, -0.25) is 9.59 Å². The van der Waals surface area contributed by atoms with Gasteiger partial charge >= 0.3 is 0 Å². The molecule has 2 heterocycles. The molecule has 2 aliphatic heterocycles. The van der Waals surface area contributed by atoms with E-state index in [2.05, 4.69) is 36.9 Å². The molecular weight excluding hydrogens is 452 g/mol. The second kappa shape index (κ2) is 9.76. The molecule has 8 nitrogen and oxygen atoms in total. The van der Waals surface area contributed by atoms with Gasteiger partial charge < -0.3 is 14.7 Å². The average Bonchev–Trinajstić information content (AvgIpc) is 2.85. The predicted molar refractivity (Wildman–Crippen MR) is 131 cm³/mol. The molecule has 0 saturated carbocycles. The highest BCUT2D eigenvalue weighted by atomic mass is 32.2. The van der Waals surface area contributed by atoms with Gasteiger partial charge in [-0.2, -0.15) is 4.31 Å². The Kier molecular flexibility index (Phi) is 6.95. The Balaban J connectivity index is 1.43. The van der Waals surface area contributed by atoms with E-state index in [1.807, 2.05) is 0 Å². The van der Waals surface area contributed by atoms with E-state index in [1.165, 1.54) is 40.2 Å². The minimum atomic E-state index is -3.74. The summed E-state index contributed by atoms with van der Waals surface area (Å²) in [5.74, 6) is -0.207. The maximum Gasteiger partial charge on any atom is 0.254 e. The Morgan fingerprint density at radius 3 is 2.06 bits per heavy atom. The van der Waals surface area contributed by atoms with Crippen molar-refractivity contribution < 1.29 is 18.0 Å². The molecule has 2 fully saturated rings. The van der Waals surface area contributed by atoms with E-state index in [0.717, 1.165) is 13.1 Å². The van der Waals surface area contributed by atoms with Gasteiger partial charge in [0.15, 0.2) is 0 Å². The van der Waals surface area contributed by atoms with Crippen LogP contribution in [0, 0.1) is 13.8 Å². The third-order valence-corrected chi connectivity index (χ3v) is 8.78. The zero-order valence-corrected chi connectivity index (χ0v) is 20.8. The van der Waals surface area contributed by atoms with Crippen LogP contribution in [0.25, 0.3) is 0 Å². The van der Waals surface area contributed by atoms with Gasteiger partial charge in [0.1, 0.15) is 0 Å². The van der Waals surface area contributed by atoms with Crippen LogP contribution in [-0.2, 0) is 14.8 Å². The largest absolute Gasteiger partial charge is 0.368 e. The van der Waals surface area contributed by atoms with Crippen LogP contribution in [0.1, 0.15) is 28.4 Å². The van der Waals surface area contributed by atoms with Crippen molar-refractivity contribution >= 4 is 27.5 Å². The number of rotatable bonds is 4. The van der Waals surface area contributed by atoms with E-state index in [4.69, 9.17) is 0 Å². The Labute approximate surface area is 201 Å². The summed E-state index contributed by atoms with van der Waals surface area (Å²) in [4.78, 5) is 30.6. The number of anilines is 1. The van der Waals surface area contributed by atoms with Crippen molar-refractivity contribution in [2.45, 2.75) is 25.7 Å². The number of piperazine rings is 2. The Bertz CT molecular complexity index is 1180. The number of nitrogens with zero attached hydrogens (tertiary/aromatic N) is 4. The number of sulfonamides is 1. The van der Waals surface area contributed by atoms with Gasteiger partial charge in [0.25, 0.3) is 5.91 Å². The van der Waals surface area contributed by atoms with Gasteiger partial charge in [0.2, 0.25) is 15.9 Å². The number of carbonyl (C=O) groups is 2. The van der Waals surface area contributed by atoms with Gasteiger partial charge in [-0.25, -0.2) is 8.42 Å². The molecule has 34 heavy (non-hydrogen) atoms. The fourth-order valence-electron chi connectivity index (χ4n) is 4.59. The molecule has 0 radical (unpaired) electrons. The first-order valence-corrected chi connectivity index (χ1v) is 13.1. The highest BCUT2D eigenvalue weighted by Crippen LogP contribution is 2.25. The van der Waals surface area contributed by atoms with Gasteiger partial charge in [-0.15, -0.1) is 0 Å². The third-order valence-electron chi connectivity index (χ3n) is 6.89. The van der Waals surface area contributed by atoms with Gasteiger partial charge in [0.05, 0.1) is 4.90 Å².